The molecule has 9 rings (SSSR count). The lowest BCUT2D eigenvalue weighted by Gasteiger charge is -2.13. The predicted octanol–water partition coefficient (Wildman–Crippen LogP) is 9.71. The molecular formula is C38H23N3. The number of aromatic nitrogens is 3. The van der Waals surface area contributed by atoms with Crippen LogP contribution in [0.3, 0.4) is 0 Å². The highest BCUT2D eigenvalue weighted by atomic mass is 15.0. The Hall–Kier alpha value is -5.54. The minimum absolute atomic E-state index is 0.874. The van der Waals surface area contributed by atoms with E-state index in [0.29, 0.717) is 0 Å². The molecule has 3 heteroatoms. The highest BCUT2D eigenvalue weighted by Gasteiger charge is 2.26. The molecule has 0 N–H and O–H groups in total. The average molecular weight is 522 g/mol. The molecule has 0 fully saturated rings. The molecule has 0 bridgehead atoms. The second-order valence-electron chi connectivity index (χ2n) is 10.6. The SMILES string of the molecule is c1ccc(-c2cccc(-c3ccc(-n4c5ccccc5c5ccc6c(c54)-c4cccc5cccc-6c45)cc3)n2)nc1. The minimum atomic E-state index is 0.874. The average Bonchev–Trinajstić information content (AvgIpc) is 3.56. The fraction of sp³-hybridized carbons (Fsp3) is 0. The van der Waals surface area contributed by atoms with Gasteiger partial charge < -0.3 is 4.57 Å². The van der Waals surface area contributed by atoms with E-state index in [-0.39, 0.29) is 0 Å². The third-order valence-corrected chi connectivity index (χ3v) is 8.40. The van der Waals surface area contributed by atoms with E-state index in [2.05, 4.69) is 119 Å². The summed E-state index contributed by atoms with van der Waals surface area (Å²) in [6.45, 7) is 0. The van der Waals surface area contributed by atoms with Gasteiger partial charge in [0, 0.05) is 33.8 Å². The lowest BCUT2D eigenvalue weighted by Crippen LogP contribution is -1.96. The fourth-order valence-electron chi connectivity index (χ4n) is 6.63. The van der Waals surface area contributed by atoms with E-state index >= 15 is 0 Å². The van der Waals surface area contributed by atoms with Gasteiger partial charge in [0.15, 0.2) is 0 Å². The van der Waals surface area contributed by atoms with E-state index < -0.39 is 0 Å². The first-order chi connectivity index (χ1) is 20.3. The number of pyridine rings is 2. The van der Waals surface area contributed by atoms with Gasteiger partial charge in [0.25, 0.3) is 0 Å². The summed E-state index contributed by atoms with van der Waals surface area (Å²) in [6.07, 6.45) is 1.81. The van der Waals surface area contributed by atoms with Gasteiger partial charge in [-0.1, -0.05) is 91.0 Å². The molecule has 0 spiro atoms. The Labute approximate surface area is 237 Å². The summed E-state index contributed by atoms with van der Waals surface area (Å²) in [4.78, 5) is 9.41. The van der Waals surface area contributed by atoms with Crippen molar-refractivity contribution in [1.29, 1.82) is 0 Å². The maximum Gasteiger partial charge on any atom is 0.0893 e. The summed E-state index contributed by atoms with van der Waals surface area (Å²) in [5, 5.41) is 5.18. The summed E-state index contributed by atoms with van der Waals surface area (Å²) in [6, 6.07) is 47.5. The van der Waals surface area contributed by atoms with Crippen LogP contribution in [-0.4, -0.2) is 14.5 Å². The molecule has 0 atom stereocenters. The molecule has 0 saturated carbocycles. The van der Waals surface area contributed by atoms with Gasteiger partial charge >= 0.3 is 0 Å². The van der Waals surface area contributed by atoms with Crippen molar-refractivity contribution in [2.75, 3.05) is 0 Å². The molecule has 0 amide bonds. The monoisotopic (exact) mass is 521 g/mol. The Bertz CT molecular complexity index is 2290. The van der Waals surface area contributed by atoms with Gasteiger partial charge in [-0.3, -0.25) is 4.98 Å². The maximum atomic E-state index is 4.93. The van der Waals surface area contributed by atoms with Gasteiger partial charge in [-0.15, -0.1) is 0 Å². The van der Waals surface area contributed by atoms with Crippen LogP contribution in [0.25, 0.3) is 83.2 Å². The van der Waals surface area contributed by atoms with Gasteiger partial charge in [0.1, 0.15) is 0 Å². The van der Waals surface area contributed by atoms with Crippen LogP contribution in [0, 0.1) is 0 Å². The lowest BCUT2D eigenvalue weighted by atomic mass is 10.00. The number of fused-ring (bicyclic) bond motifs is 7. The predicted molar refractivity (Wildman–Crippen MR) is 169 cm³/mol. The Morgan fingerprint density at radius 3 is 2.10 bits per heavy atom. The van der Waals surface area contributed by atoms with Crippen molar-refractivity contribution in [3.63, 3.8) is 0 Å². The van der Waals surface area contributed by atoms with Crippen molar-refractivity contribution >= 4 is 32.6 Å². The molecule has 1 aliphatic rings. The van der Waals surface area contributed by atoms with Crippen LogP contribution in [0.1, 0.15) is 0 Å². The van der Waals surface area contributed by atoms with Gasteiger partial charge in [0.2, 0.25) is 0 Å². The van der Waals surface area contributed by atoms with Crippen LogP contribution in [0.5, 0.6) is 0 Å². The zero-order valence-corrected chi connectivity index (χ0v) is 22.1. The number of benzene rings is 5. The van der Waals surface area contributed by atoms with Crippen LogP contribution < -0.4 is 0 Å². The van der Waals surface area contributed by atoms with E-state index in [1.165, 1.54) is 54.8 Å². The zero-order chi connectivity index (χ0) is 26.9. The largest absolute Gasteiger partial charge is 0.309 e. The zero-order valence-electron chi connectivity index (χ0n) is 22.1. The summed E-state index contributed by atoms with van der Waals surface area (Å²) >= 11 is 0. The van der Waals surface area contributed by atoms with Gasteiger partial charge in [-0.25, -0.2) is 4.98 Å². The topological polar surface area (TPSA) is 30.7 Å². The van der Waals surface area contributed by atoms with E-state index in [1.807, 2.05) is 24.3 Å². The van der Waals surface area contributed by atoms with Crippen LogP contribution in [0.15, 0.2) is 140 Å². The number of rotatable bonds is 3. The second kappa shape index (κ2) is 8.48. The molecule has 0 saturated heterocycles. The van der Waals surface area contributed by atoms with Crippen molar-refractivity contribution in [1.82, 2.24) is 14.5 Å². The first kappa shape index (κ1) is 22.3. The Kier molecular flexibility index (Phi) is 4.61. The van der Waals surface area contributed by atoms with Crippen LogP contribution in [0.2, 0.25) is 0 Å². The molecule has 3 heterocycles. The van der Waals surface area contributed by atoms with E-state index in [0.717, 1.165) is 28.3 Å². The summed E-state index contributed by atoms with van der Waals surface area (Å²) in [5.41, 5.74) is 12.6. The molecule has 0 aliphatic heterocycles. The van der Waals surface area contributed by atoms with Crippen LogP contribution >= 0.6 is 0 Å². The third-order valence-electron chi connectivity index (χ3n) is 8.40. The Morgan fingerprint density at radius 1 is 0.488 bits per heavy atom. The standard InChI is InChI=1S/C38H23N3/c1-2-16-35-27(10-1)30-22-21-29-28-11-5-8-25-9-6-12-31(36(25)28)37(29)38(30)41(35)26-19-17-24(18-20-26)32-14-7-15-34(40-32)33-13-3-4-23-39-33/h1-23H. The maximum absolute atomic E-state index is 4.93. The van der Waals surface area contributed by atoms with Crippen LogP contribution in [0.4, 0.5) is 0 Å². The van der Waals surface area contributed by atoms with Gasteiger partial charge in [-0.2, -0.15) is 0 Å². The lowest BCUT2D eigenvalue weighted by molar-refractivity contribution is 1.18. The van der Waals surface area contributed by atoms with Gasteiger partial charge in [-0.05, 0) is 69.9 Å². The smallest absolute Gasteiger partial charge is 0.0893 e. The Balaban J connectivity index is 1.26. The molecular weight excluding hydrogens is 498 g/mol. The molecule has 3 nitrogen and oxygen atoms in total. The quantitative estimate of drug-likeness (QED) is 0.232. The molecule has 5 aromatic carbocycles. The van der Waals surface area contributed by atoms with Crippen molar-refractivity contribution in [3.05, 3.63) is 140 Å². The Morgan fingerprint density at radius 2 is 1.24 bits per heavy atom. The number of para-hydroxylation sites is 1. The van der Waals surface area contributed by atoms with Crippen LogP contribution in [-0.2, 0) is 0 Å². The van der Waals surface area contributed by atoms with Crippen molar-refractivity contribution < 1.29 is 0 Å². The van der Waals surface area contributed by atoms with Crippen molar-refractivity contribution in [3.8, 4) is 50.6 Å². The first-order valence-electron chi connectivity index (χ1n) is 13.9. The number of nitrogens with zero attached hydrogens (tertiary/aromatic N) is 3. The summed E-state index contributed by atoms with van der Waals surface area (Å²) in [5.74, 6) is 0. The first-order valence-corrected chi connectivity index (χ1v) is 13.9. The van der Waals surface area contributed by atoms with E-state index in [4.69, 9.17) is 4.98 Å². The molecule has 3 aromatic heterocycles. The molecule has 0 radical (unpaired) electrons. The van der Waals surface area contributed by atoms with E-state index in [9.17, 15) is 0 Å². The molecule has 190 valence electrons. The minimum Gasteiger partial charge on any atom is -0.309 e. The van der Waals surface area contributed by atoms with E-state index in [1.54, 1.807) is 6.20 Å². The molecule has 0 unspecified atom stereocenters. The summed E-state index contributed by atoms with van der Waals surface area (Å²) in [7, 11) is 0. The molecule has 41 heavy (non-hydrogen) atoms. The molecule has 8 aromatic rings. The van der Waals surface area contributed by atoms with Gasteiger partial charge in [0.05, 0.1) is 28.1 Å². The molecule has 1 aliphatic carbocycles. The number of hydrogen-bond acceptors (Lipinski definition) is 2. The highest BCUT2D eigenvalue weighted by Crippen LogP contribution is 2.51. The van der Waals surface area contributed by atoms with Crippen molar-refractivity contribution in [2.24, 2.45) is 0 Å². The second-order valence-corrected chi connectivity index (χ2v) is 10.6. The normalized spacial score (nSPS) is 11.9. The summed E-state index contributed by atoms with van der Waals surface area (Å²) < 4.78 is 2.44. The fourth-order valence-corrected chi connectivity index (χ4v) is 6.63. The highest BCUT2D eigenvalue weighted by molar-refractivity contribution is 6.24. The number of hydrogen-bond donors (Lipinski definition) is 0. The van der Waals surface area contributed by atoms with Crippen molar-refractivity contribution in [2.45, 2.75) is 0 Å². The third kappa shape index (κ3) is 3.20.